The van der Waals surface area contributed by atoms with Gasteiger partial charge in [-0.05, 0) is 53.4 Å². The number of rotatable bonds is 8. The Balaban J connectivity index is 1.49. The lowest BCUT2D eigenvalue weighted by molar-refractivity contribution is -0.126. The fourth-order valence-electron chi connectivity index (χ4n) is 3.49. The number of likely N-dealkylation sites (tertiary alicyclic amines) is 1. The van der Waals surface area contributed by atoms with Gasteiger partial charge in [0.25, 0.3) is 0 Å². The Morgan fingerprint density at radius 1 is 1.32 bits per heavy atom. The fourth-order valence-corrected chi connectivity index (χ4v) is 3.49. The standard InChI is InChI=1S/C21H31N5O2/c1-16-7-9-17(10-8-16)20-23-19(28-24-20)15-26-13-4-6-18(14-26)21(27)22-11-5-12-25(2)3/h7-10,18H,4-6,11-15H2,1-3H3,(H,22,27). The van der Waals surface area contributed by atoms with Gasteiger partial charge in [-0.2, -0.15) is 4.98 Å². The first kappa shape index (κ1) is 20.5. The van der Waals surface area contributed by atoms with Gasteiger partial charge in [0.2, 0.25) is 17.6 Å². The zero-order valence-corrected chi connectivity index (χ0v) is 17.1. The molecular formula is C21H31N5O2. The predicted octanol–water partition coefficient (Wildman–Crippen LogP) is 2.32. The molecule has 1 aliphatic heterocycles. The van der Waals surface area contributed by atoms with E-state index in [4.69, 9.17) is 4.52 Å². The molecule has 1 unspecified atom stereocenters. The maximum Gasteiger partial charge on any atom is 0.241 e. The summed E-state index contributed by atoms with van der Waals surface area (Å²) in [6.45, 7) is 6.04. The molecule has 152 valence electrons. The quantitative estimate of drug-likeness (QED) is 0.703. The molecule has 1 aromatic heterocycles. The Morgan fingerprint density at radius 3 is 2.86 bits per heavy atom. The van der Waals surface area contributed by atoms with E-state index in [1.165, 1.54) is 5.56 Å². The van der Waals surface area contributed by atoms with Crippen LogP contribution in [0.15, 0.2) is 28.8 Å². The Morgan fingerprint density at radius 2 is 2.11 bits per heavy atom. The predicted molar refractivity (Wildman–Crippen MR) is 109 cm³/mol. The van der Waals surface area contributed by atoms with E-state index in [0.29, 0.717) is 18.3 Å². The molecule has 0 saturated carbocycles. The molecule has 1 aliphatic rings. The third-order valence-corrected chi connectivity index (χ3v) is 5.09. The van der Waals surface area contributed by atoms with Crippen LogP contribution in [0.5, 0.6) is 0 Å². The Bertz CT molecular complexity index is 756. The number of aryl methyl sites for hydroxylation is 1. The second kappa shape index (κ2) is 9.80. The van der Waals surface area contributed by atoms with Crippen LogP contribution in [-0.4, -0.2) is 66.1 Å². The minimum Gasteiger partial charge on any atom is -0.356 e. The smallest absolute Gasteiger partial charge is 0.241 e. The second-order valence-electron chi connectivity index (χ2n) is 7.90. The summed E-state index contributed by atoms with van der Waals surface area (Å²) in [6.07, 6.45) is 2.92. The first-order chi connectivity index (χ1) is 13.5. The topological polar surface area (TPSA) is 74.5 Å². The summed E-state index contributed by atoms with van der Waals surface area (Å²) in [5, 5.41) is 7.18. The highest BCUT2D eigenvalue weighted by Gasteiger charge is 2.26. The number of carbonyl (C=O) groups excluding carboxylic acids is 1. The highest BCUT2D eigenvalue weighted by molar-refractivity contribution is 5.78. The largest absolute Gasteiger partial charge is 0.356 e. The van der Waals surface area contributed by atoms with Gasteiger partial charge in [-0.3, -0.25) is 9.69 Å². The molecule has 0 aliphatic carbocycles. The van der Waals surface area contributed by atoms with Crippen molar-refractivity contribution < 1.29 is 9.32 Å². The van der Waals surface area contributed by atoms with E-state index >= 15 is 0 Å². The number of piperidine rings is 1. The van der Waals surface area contributed by atoms with Crippen LogP contribution in [0.1, 0.15) is 30.7 Å². The minimum atomic E-state index is 0.0348. The maximum absolute atomic E-state index is 12.5. The highest BCUT2D eigenvalue weighted by Crippen LogP contribution is 2.20. The van der Waals surface area contributed by atoms with Crippen LogP contribution < -0.4 is 5.32 Å². The summed E-state index contributed by atoms with van der Waals surface area (Å²) in [7, 11) is 4.09. The average Bonchev–Trinajstić information content (AvgIpc) is 3.14. The number of aromatic nitrogens is 2. The van der Waals surface area contributed by atoms with E-state index in [-0.39, 0.29) is 11.8 Å². The summed E-state index contributed by atoms with van der Waals surface area (Å²) in [4.78, 5) is 21.3. The first-order valence-electron chi connectivity index (χ1n) is 10.1. The second-order valence-corrected chi connectivity index (χ2v) is 7.90. The number of amides is 1. The van der Waals surface area contributed by atoms with Crippen LogP contribution in [-0.2, 0) is 11.3 Å². The average molecular weight is 386 g/mol. The summed E-state index contributed by atoms with van der Waals surface area (Å²) in [5.74, 6) is 1.41. The summed E-state index contributed by atoms with van der Waals surface area (Å²) >= 11 is 0. The molecule has 0 bridgehead atoms. The van der Waals surface area contributed by atoms with Crippen molar-refractivity contribution in [1.29, 1.82) is 0 Å². The van der Waals surface area contributed by atoms with Crippen LogP contribution in [0.4, 0.5) is 0 Å². The van der Waals surface area contributed by atoms with Gasteiger partial charge in [0.15, 0.2) is 0 Å². The normalized spacial score (nSPS) is 17.8. The molecule has 1 saturated heterocycles. The van der Waals surface area contributed by atoms with Gasteiger partial charge in [0, 0.05) is 18.7 Å². The molecule has 7 nitrogen and oxygen atoms in total. The molecule has 7 heteroatoms. The minimum absolute atomic E-state index is 0.0348. The molecule has 2 heterocycles. The van der Waals surface area contributed by atoms with Gasteiger partial charge < -0.3 is 14.7 Å². The number of hydrogen-bond acceptors (Lipinski definition) is 6. The molecule has 1 fully saturated rings. The molecule has 0 spiro atoms. The zero-order valence-electron chi connectivity index (χ0n) is 17.1. The highest BCUT2D eigenvalue weighted by atomic mass is 16.5. The van der Waals surface area contributed by atoms with Crippen molar-refractivity contribution in [3.05, 3.63) is 35.7 Å². The van der Waals surface area contributed by atoms with Crippen LogP contribution in [0, 0.1) is 12.8 Å². The summed E-state index contributed by atoms with van der Waals surface area (Å²) in [5.41, 5.74) is 2.15. The fraction of sp³-hybridized carbons (Fsp3) is 0.571. The molecule has 2 aromatic rings. The van der Waals surface area contributed by atoms with E-state index in [2.05, 4.69) is 32.2 Å². The molecule has 1 aromatic carbocycles. The lowest BCUT2D eigenvalue weighted by Gasteiger charge is -2.30. The lowest BCUT2D eigenvalue weighted by atomic mass is 9.97. The van der Waals surface area contributed by atoms with Crippen LogP contribution in [0.2, 0.25) is 0 Å². The number of benzene rings is 1. The van der Waals surface area contributed by atoms with Gasteiger partial charge in [-0.1, -0.05) is 35.0 Å². The summed E-state index contributed by atoms with van der Waals surface area (Å²) in [6, 6.07) is 8.08. The van der Waals surface area contributed by atoms with E-state index in [9.17, 15) is 4.79 Å². The van der Waals surface area contributed by atoms with Crippen molar-refractivity contribution in [2.24, 2.45) is 5.92 Å². The third-order valence-electron chi connectivity index (χ3n) is 5.09. The number of nitrogens with one attached hydrogen (secondary N) is 1. The van der Waals surface area contributed by atoms with Gasteiger partial charge in [-0.15, -0.1) is 0 Å². The Hall–Kier alpha value is -2.25. The molecule has 1 amide bonds. The molecule has 0 radical (unpaired) electrons. The Kier molecular flexibility index (Phi) is 7.17. The van der Waals surface area contributed by atoms with Crippen molar-refractivity contribution in [2.45, 2.75) is 32.7 Å². The molecule has 1 atom stereocenters. The van der Waals surface area contributed by atoms with Gasteiger partial charge in [0.1, 0.15) is 0 Å². The van der Waals surface area contributed by atoms with Gasteiger partial charge >= 0.3 is 0 Å². The van der Waals surface area contributed by atoms with Gasteiger partial charge in [0.05, 0.1) is 12.5 Å². The monoisotopic (exact) mass is 385 g/mol. The SMILES string of the molecule is Cc1ccc(-c2noc(CN3CCCC(C(=O)NCCCN(C)C)C3)n2)cc1. The molecule has 3 rings (SSSR count). The molecular weight excluding hydrogens is 354 g/mol. The van der Waals surface area contributed by atoms with E-state index in [1.54, 1.807) is 0 Å². The molecule has 1 N–H and O–H groups in total. The first-order valence-corrected chi connectivity index (χ1v) is 10.1. The van der Waals surface area contributed by atoms with E-state index < -0.39 is 0 Å². The van der Waals surface area contributed by atoms with Crippen LogP contribution in [0.3, 0.4) is 0 Å². The van der Waals surface area contributed by atoms with Crippen molar-refractivity contribution in [3.8, 4) is 11.4 Å². The third kappa shape index (κ3) is 5.87. The summed E-state index contributed by atoms with van der Waals surface area (Å²) < 4.78 is 5.44. The van der Waals surface area contributed by atoms with Crippen LogP contribution >= 0.6 is 0 Å². The Labute approximate surface area is 167 Å². The molecule has 28 heavy (non-hydrogen) atoms. The van der Waals surface area contributed by atoms with E-state index in [0.717, 1.165) is 51.0 Å². The van der Waals surface area contributed by atoms with Crippen molar-refractivity contribution in [1.82, 2.24) is 25.3 Å². The number of nitrogens with zero attached hydrogens (tertiary/aromatic N) is 4. The number of hydrogen-bond donors (Lipinski definition) is 1. The lowest BCUT2D eigenvalue weighted by Crippen LogP contribution is -2.43. The van der Waals surface area contributed by atoms with Crippen LogP contribution in [0.25, 0.3) is 11.4 Å². The van der Waals surface area contributed by atoms with Gasteiger partial charge in [-0.25, -0.2) is 0 Å². The van der Waals surface area contributed by atoms with E-state index in [1.807, 2.05) is 38.4 Å². The number of carbonyl (C=O) groups is 1. The van der Waals surface area contributed by atoms with Crippen molar-refractivity contribution >= 4 is 5.91 Å². The maximum atomic E-state index is 12.5. The van der Waals surface area contributed by atoms with Crippen molar-refractivity contribution in [2.75, 3.05) is 40.3 Å². The zero-order chi connectivity index (χ0) is 19.9. The van der Waals surface area contributed by atoms with Crippen molar-refractivity contribution in [3.63, 3.8) is 0 Å².